The van der Waals surface area contributed by atoms with Crippen molar-refractivity contribution < 1.29 is 9.13 Å². The predicted octanol–water partition coefficient (Wildman–Crippen LogP) is 6.53. The molecule has 0 aliphatic carbocycles. The second-order valence-electron chi connectivity index (χ2n) is 6.56. The van der Waals surface area contributed by atoms with Gasteiger partial charge in [0.05, 0.1) is 21.5 Å². The summed E-state index contributed by atoms with van der Waals surface area (Å²) in [6.45, 7) is 1.18. The first-order chi connectivity index (χ1) is 14.6. The minimum atomic E-state index is -0.410. The van der Waals surface area contributed by atoms with E-state index in [0.29, 0.717) is 33.1 Å². The molecule has 0 radical (unpaired) electrons. The van der Waals surface area contributed by atoms with Crippen molar-refractivity contribution in [2.45, 2.75) is 17.4 Å². The van der Waals surface area contributed by atoms with Crippen LogP contribution < -0.4 is 14.8 Å². The molecule has 1 atom stereocenters. The standard InChI is InChI=1S/C21H18Cl2FN3OS2/c22-14-5-3-13(4-6-14)15-2-1-7-25-18(15)10-28-19-9-17(24)20(8-16(19)23)30-27-21-11-29-12-26-21/h2-6,8-9,11-12,18,25,27H,1,7,10H2. The highest BCUT2D eigenvalue weighted by Crippen LogP contribution is 2.34. The van der Waals surface area contributed by atoms with Crippen LogP contribution in [0.4, 0.5) is 10.2 Å². The van der Waals surface area contributed by atoms with E-state index in [0.717, 1.165) is 36.1 Å². The van der Waals surface area contributed by atoms with Crippen LogP contribution in [0, 0.1) is 5.82 Å². The molecule has 9 heteroatoms. The molecule has 0 amide bonds. The van der Waals surface area contributed by atoms with Gasteiger partial charge in [-0.1, -0.05) is 41.4 Å². The zero-order chi connectivity index (χ0) is 20.9. The minimum Gasteiger partial charge on any atom is -0.490 e. The summed E-state index contributed by atoms with van der Waals surface area (Å²) in [6.07, 6.45) is 3.13. The fourth-order valence-corrected chi connectivity index (χ4v) is 4.72. The van der Waals surface area contributed by atoms with E-state index >= 15 is 0 Å². The van der Waals surface area contributed by atoms with Crippen LogP contribution in [0.2, 0.25) is 10.0 Å². The van der Waals surface area contributed by atoms with Gasteiger partial charge in [-0.15, -0.1) is 11.3 Å². The van der Waals surface area contributed by atoms with E-state index in [2.05, 4.69) is 21.1 Å². The smallest absolute Gasteiger partial charge is 0.147 e. The average Bonchev–Trinajstić information content (AvgIpc) is 3.27. The van der Waals surface area contributed by atoms with Gasteiger partial charge in [0.25, 0.3) is 0 Å². The fourth-order valence-electron chi connectivity index (χ4n) is 3.09. The first-order valence-electron chi connectivity index (χ1n) is 9.22. The maximum atomic E-state index is 14.5. The van der Waals surface area contributed by atoms with Crippen molar-refractivity contribution in [2.75, 3.05) is 17.9 Å². The summed E-state index contributed by atoms with van der Waals surface area (Å²) in [4.78, 5) is 4.48. The minimum absolute atomic E-state index is 0.0283. The van der Waals surface area contributed by atoms with Crippen LogP contribution in [0.5, 0.6) is 5.75 Å². The van der Waals surface area contributed by atoms with Crippen molar-refractivity contribution in [3.8, 4) is 5.75 Å². The van der Waals surface area contributed by atoms with Crippen molar-refractivity contribution in [1.82, 2.24) is 10.3 Å². The lowest BCUT2D eigenvalue weighted by molar-refractivity contribution is 0.287. The van der Waals surface area contributed by atoms with Crippen molar-refractivity contribution in [1.29, 1.82) is 0 Å². The summed E-state index contributed by atoms with van der Waals surface area (Å²) in [7, 11) is 0. The number of thiazole rings is 1. The van der Waals surface area contributed by atoms with Crippen molar-refractivity contribution in [2.24, 2.45) is 0 Å². The molecule has 3 aromatic rings. The van der Waals surface area contributed by atoms with Crippen molar-refractivity contribution in [3.05, 3.63) is 74.8 Å². The molecule has 30 heavy (non-hydrogen) atoms. The number of anilines is 1. The Morgan fingerprint density at radius 3 is 2.87 bits per heavy atom. The van der Waals surface area contributed by atoms with Gasteiger partial charge >= 0.3 is 0 Å². The monoisotopic (exact) mass is 481 g/mol. The van der Waals surface area contributed by atoms with Crippen molar-refractivity contribution in [3.63, 3.8) is 0 Å². The number of aromatic nitrogens is 1. The molecule has 1 aliphatic heterocycles. The van der Waals surface area contributed by atoms with Crippen LogP contribution in [0.3, 0.4) is 0 Å². The summed E-state index contributed by atoms with van der Waals surface area (Å²) in [5.74, 6) is 0.577. The molecule has 0 saturated heterocycles. The summed E-state index contributed by atoms with van der Waals surface area (Å²) in [5, 5.41) is 6.34. The molecule has 0 bridgehead atoms. The molecule has 4 nitrogen and oxygen atoms in total. The normalized spacial score (nSPS) is 16.2. The highest BCUT2D eigenvalue weighted by molar-refractivity contribution is 8.00. The highest BCUT2D eigenvalue weighted by atomic mass is 35.5. The fraction of sp³-hybridized carbons (Fsp3) is 0.190. The van der Waals surface area contributed by atoms with E-state index in [-0.39, 0.29) is 6.04 Å². The van der Waals surface area contributed by atoms with Gasteiger partial charge in [-0.2, -0.15) is 0 Å². The van der Waals surface area contributed by atoms with Crippen LogP contribution in [0.15, 0.2) is 58.3 Å². The first-order valence-corrected chi connectivity index (χ1v) is 11.7. The maximum Gasteiger partial charge on any atom is 0.147 e. The third kappa shape index (κ3) is 5.28. The number of hydrogen-bond donors (Lipinski definition) is 2. The lowest BCUT2D eigenvalue weighted by atomic mass is 9.95. The third-order valence-electron chi connectivity index (χ3n) is 4.54. The zero-order valence-electron chi connectivity index (χ0n) is 15.7. The van der Waals surface area contributed by atoms with E-state index in [1.807, 2.05) is 29.6 Å². The topological polar surface area (TPSA) is 46.2 Å². The van der Waals surface area contributed by atoms with Crippen LogP contribution in [-0.2, 0) is 0 Å². The molecule has 4 rings (SSSR count). The lowest BCUT2D eigenvalue weighted by Crippen LogP contribution is -2.38. The molecular weight excluding hydrogens is 464 g/mol. The second kappa shape index (κ2) is 10.0. The van der Waals surface area contributed by atoms with E-state index in [4.69, 9.17) is 27.9 Å². The molecule has 2 heterocycles. The number of nitrogens with one attached hydrogen (secondary N) is 2. The van der Waals surface area contributed by atoms with Crippen molar-refractivity contribution >= 4 is 57.9 Å². The molecular formula is C21H18Cl2FN3OS2. The summed E-state index contributed by atoms with van der Waals surface area (Å²) in [5.41, 5.74) is 3.92. The Kier molecular flexibility index (Phi) is 7.17. The first kappa shape index (κ1) is 21.5. The molecule has 2 aromatic carbocycles. The molecule has 1 aromatic heterocycles. The Morgan fingerprint density at radius 1 is 1.27 bits per heavy atom. The highest BCUT2D eigenvalue weighted by Gasteiger charge is 2.20. The number of ether oxygens (including phenoxy) is 1. The Balaban J connectivity index is 1.43. The quantitative estimate of drug-likeness (QED) is 0.375. The number of halogens is 3. The van der Waals surface area contributed by atoms with Gasteiger partial charge in [0.1, 0.15) is 24.0 Å². The largest absolute Gasteiger partial charge is 0.490 e. The number of rotatable bonds is 7. The molecule has 156 valence electrons. The van der Waals surface area contributed by atoms with Crippen LogP contribution in [0.1, 0.15) is 12.0 Å². The maximum absolute atomic E-state index is 14.5. The SMILES string of the molecule is Fc1cc(OCC2NCCC=C2c2ccc(Cl)cc2)c(Cl)cc1SNc1cscn1. The molecule has 1 unspecified atom stereocenters. The second-order valence-corrected chi connectivity index (χ2v) is 8.97. The summed E-state index contributed by atoms with van der Waals surface area (Å²) in [6, 6.07) is 10.6. The zero-order valence-corrected chi connectivity index (χ0v) is 18.8. The molecule has 0 spiro atoms. The summed E-state index contributed by atoms with van der Waals surface area (Å²) < 4.78 is 23.4. The molecule has 1 aliphatic rings. The Morgan fingerprint density at radius 2 is 2.10 bits per heavy atom. The van der Waals surface area contributed by atoms with Gasteiger partial charge in [0.15, 0.2) is 0 Å². The van der Waals surface area contributed by atoms with Crippen LogP contribution in [0.25, 0.3) is 5.57 Å². The van der Waals surface area contributed by atoms with Gasteiger partial charge in [-0.25, -0.2) is 9.37 Å². The molecule has 2 N–H and O–H groups in total. The predicted molar refractivity (Wildman–Crippen MR) is 124 cm³/mol. The average molecular weight is 482 g/mol. The van der Waals surface area contributed by atoms with Gasteiger partial charge in [0.2, 0.25) is 0 Å². The lowest BCUT2D eigenvalue weighted by Gasteiger charge is -2.26. The molecule has 0 fully saturated rings. The van der Waals surface area contributed by atoms with E-state index in [1.54, 1.807) is 11.6 Å². The Bertz CT molecular complexity index is 1030. The Labute approximate surface area is 192 Å². The Hall–Kier alpha value is -1.77. The molecule has 0 saturated carbocycles. The number of benzene rings is 2. The van der Waals surface area contributed by atoms with Crippen LogP contribution in [-0.4, -0.2) is 24.2 Å². The van der Waals surface area contributed by atoms with E-state index in [9.17, 15) is 4.39 Å². The number of hydrogen-bond acceptors (Lipinski definition) is 6. The van der Waals surface area contributed by atoms with Gasteiger partial charge in [0, 0.05) is 16.5 Å². The van der Waals surface area contributed by atoms with Gasteiger partial charge in [-0.3, -0.25) is 0 Å². The van der Waals surface area contributed by atoms with Crippen LogP contribution >= 0.6 is 46.5 Å². The number of nitrogens with zero attached hydrogens (tertiary/aromatic N) is 1. The third-order valence-corrected chi connectivity index (χ3v) is 6.52. The van der Waals surface area contributed by atoms with Gasteiger partial charge < -0.3 is 14.8 Å². The van der Waals surface area contributed by atoms with Gasteiger partial charge in [-0.05, 0) is 54.2 Å². The van der Waals surface area contributed by atoms with E-state index < -0.39 is 5.82 Å². The van der Waals surface area contributed by atoms with E-state index in [1.165, 1.54) is 17.4 Å². The summed E-state index contributed by atoms with van der Waals surface area (Å²) >= 11 is 14.9.